The van der Waals surface area contributed by atoms with Crippen molar-refractivity contribution in [3.8, 4) is 0 Å². The fraction of sp³-hybridized carbons (Fsp3) is 0.154. The van der Waals surface area contributed by atoms with Gasteiger partial charge in [0.2, 0.25) is 6.54 Å². The summed E-state index contributed by atoms with van der Waals surface area (Å²) in [7, 11) is 0. The molecule has 3 aromatic rings. The van der Waals surface area contributed by atoms with E-state index in [0.717, 1.165) is 17.1 Å². The van der Waals surface area contributed by atoms with Gasteiger partial charge >= 0.3 is 12.1 Å². The zero-order valence-corrected chi connectivity index (χ0v) is 20.0. The Balaban J connectivity index is 1.65. The molecule has 0 aliphatic carbocycles. The van der Waals surface area contributed by atoms with Gasteiger partial charge < -0.3 is 5.32 Å². The molecular formula is C26H22F3N6O3+. The van der Waals surface area contributed by atoms with Crippen molar-refractivity contribution >= 4 is 40.5 Å². The molecule has 1 aliphatic heterocycles. The predicted octanol–water partition coefficient (Wildman–Crippen LogP) is 3.14. The van der Waals surface area contributed by atoms with E-state index < -0.39 is 46.8 Å². The maximum atomic E-state index is 13.5. The summed E-state index contributed by atoms with van der Waals surface area (Å²) in [5.41, 5.74) is 0.710. The van der Waals surface area contributed by atoms with Gasteiger partial charge in [0, 0.05) is 12.1 Å². The first-order valence-electron chi connectivity index (χ1n) is 11.4. The number of hydrogen-bond acceptors (Lipinski definition) is 5. The lowest BCUT2D eigenvalue weighted by molar-refractivity contribution is -0.684. The second kappa shape index (κ2) is 11.0. The zero-order chi connectivity index (χ0) is 27.3. The van der Waals surface area contributed by atoms with Gasteiger partial charge in [0.1, 0.15) is 11.6 Å². The molecule has 1 aliphatic rings. The maximum absolute atomic E-state index is 13.5. The van der Waals surface area contributed by atoms with Crippen LogP contribution in [0.2, 0.25) is 0 Å². The number of carbonyl (C=O) groups excluding carboxylic acids is 3. The summed E-state index contributed by atoms with van der Waals surface area (Å²) in [5, 5.41) is 11.4. The minimum atomic E-state index is -4.74. The fourth-order valence-corrected chi connectivity index (χ4v) is 3.77. The molecule has 2 N–H and O–H groups in total. The largest absolute Gasteiger partial charge is 0.418 e. The molecule has 0 radical (unpaired) electrons. The molecule has 12 heteroatoms. The van der Waals surface area contributed by atoms with E-state index in [9.17, 15) is 27.6 Å². The molecule has 9 nitrogen and oxygen atoms in total. The SMILES string of the molecule is CC1=NN(c2ccccc2)C(=O)C1/C(=N\NC(=O)C[n+]1ccccc1)C(=O)Nc1ccccc1C(F)(F)F. The predicted molar refractivity (Wildman–Crippen MR) is 133 cm³/mol. The molecule has 0 spiro atoms. The summed E-state index contributed by atoms with van der Waals surface area (Å²) in [5.74, 6) is -3.73. The molecule has 1 unspecified atom stereocenters. The van der Waals surface area contributed by atoms with E-state index in [0.29, 0.717) is 5.69 Å². The maximum Gasteiger partial charge on any atom is 0.418 e. The minimum absolute atomic E-state index is 0.155. The van der Waals surface area contributed by atoms with Crippen molar-refractivity contribution in [3.05, 3.63) is 90.8 Å². The number of hydrogen-bond donors (Lipinski definition) is 2. The molecule has 38 heavy (non-hydrogen) atoms. The summed E-state index contributed by atoms with van der Waals surface area (Å²) in [4.78, 5) is 39.1. The molecule has 1 aromatic heterocycles. The van der Waals surface area contributed by atoms with Gasteiger partial charge in [-0.15, -0.1) is 0 Å². The third-order valence-corrected chi connectivity index (χ3v) is 5.52. The molecule has 4 rings (SSSR count). The highest BCUT2D eigenvalue weighted by Crippen LogP contribution is 2.34. The Kier molecular flexibility index (Phi) is 7.61. The lowest BCUT2D eigenvalue weighted by Gasteiger charge is -2.17. The average molecular weight is 523 g/mol. The number of aromatic nitrogens is 1. The van der Waals surface area contributed by atoms with Crippen molar-refractivity contribution in [2.45, 2.75) is 19.6 Å². The van der Waals surface area contributed by atoms with E-state index in [4.69, 9.17) is 0 Å². The van der Waals surface area contributed by atoms with Crippen molar-refractivity contribution in [3.63, 3.8) is 0 Å². The minimum Gasteiger partial charge on any atom is -0.320 e. The van der Waals surface area contributed by atoms with Gasteiger partial charge in [0.25, 0.3) is 11.8 Å². The van der Waals surface area contributed by atoms with Crippen LogP contribution in [0, 0.1) is 5.92 Å². The van der Waals surface area contributed by atoms with Crippen LogP contribution >= 0.6 is 0 Å². The van der Waals surface area contributed by atoms with Crippen molar-refractivity contribution in [1.29, 1.82) is 0 Å². The van der Waals surface area contributed by atoms with Crippen LogP contribution in [0.5, 0.6) is 0 Å². The average Bonchev–Trinajstić information content (AvgIpc) is 3.19. The van der Waals surface area contributed by atoms with Gasteiger partial charge in [-0.05, 0) is 31.2 Å². The number of alkyl halides is 3. The second-order valence-electron chi connectivity index (χ2n) is 8.24. The van der Waals surface area contributed by atoms with Gasteiger partial charge in [-0.1, -0.05) is 36.4 Å². The van der Waals surface area contributed by atoms with E-state index in [1.165, 1.54) is 19.1 Å². The van der Waals surface area contributed by atoms with Crippen LogP contribution in [-0.2, 0) is 27.1 Å². The normalized spacial score (nSPS) is 15.7. The Morgan fingerprint density at radius 1 is 1.00 bits per heavy atom. The first-order valence-corrected chi connectivity index (χ1v) is 11.4. The number of pyridine rings is 1. The lowest BCUT2D eigenvalue weighted by Crippen LogP contribution is -2.43. The van der Waals surface area contributed by atoms with Gasteiger partial charge in [0.15, 0.2) is 12.4 Å². The van der Waals surface area contributed by atoms with Crippen LogP contribution in [-0.4, -0.2) is 29.1 Å². The Labute approximate surface area is 215 Å². The number of carbonyl (C=O) groups is 3. The molecule has 2 aromatic carbocycles. The molecule has 3 amide bonds. The van der Waals surface area contributed by atoms with Crippen molar-refractivity contribution in [2.24, 2.45) is 16.1 Å². The second-order valence-corrected chi connectivity index (χ2v) is 8.24. The molecule has 0 bridgehead atoms. The van der Waals surface area contributed by atoms with Crippen molar-refractivity contribution < 1.29 is 32.1 Å². The van der Waals surface area contributed by atoms with Gasteiger partial charge in [0.05, 0.1) is 22.6 Å². The molecule has 0 saturated carbocycles. The number of nitrogens with zero attached hydrogens (tertiary/aromatic N) is 4. The number of para-hydroxylation sites is 2. The van der Waals surface area contributed by atoms with Crippen molar-refractivity contribution in [1.82, 2.24) is 5.43 Å². The molecule has 0 fully saturated rings. The number of rotatable bonds is 7. The van der Waals surface area contributed by atoms with Crippen molar-refractivity contribution in [2.75, 3.05) is 10.3 Å². The van der Waals surface area contributed by atoms with E-state index in [-0.39, 0.29) is 12.3 Å². The van der Waals surface area contributed by atoms with E-state index in [2.05, 4.69) is 20.9 Å². The topological polar surface area (TPSA) is 107 Å². The molecule has 0 saturated heterocycles. The summed E-state index contributed by atoms with van der Waals surface area (Å²) in [6.45, 7) is 1.33. The first-order chi connectivity index (χ1) is 18.1. The number of amides is 3. The van der Waals surface area contributed by atoms with Crippen LogP contribution in [0.4, 0.5) is 24.5 Å². The van der Waals surface area contributed by atoms with Crippen LogP contribution in [0.25, 0.3) is 0 Å². The van der Waals surface area contributed by atoms with E-state index in [1.54, 1.807) is 65.5 Å². The number of nitrogens with one attached hydrogen (secondary N) is 2. The summed E-state index contributed by atoms with van der Waals surface area (Å²) < 4.78 is 42.1. The molecule has 1 atom stereocenters. The number of halogens is 3. The highest BCUT2D eigenvalue weighted by molar-refractivity contribution is 6.52. The zero-order valence-electron chi connectivity index (χ0n) is 20.0. The third-order valence-electron chi connectivity index (χ3n) is 5.52. The monoisotopic (exact) mass is 523 g/mol. The van der Waals surface area contributed by atoms with E-state index >= 15 is 0 Å². The van der Waals surface area contributed by atoms with Gasteiger partial charge in [-0.25, -0.2) is 5.43 Å². The van der Waals surface area contributed by atoms with Gasteiger partial charge in [-0.2, -0.15) is 33.0 Å². The molecule has 194 valence electrons. The molecule has 2 heterocycles. The van der Waals surface area contributed by atoms with Gasteiger partial charge in [-0.3, -0.25) is 14.4 Å². The lowest BCUT2D eigenvalue weighted by atomic mass is 9.97. The Bertz CT molecular complexity index is 1410. The number of benzene rings is 2. The molecular weight excluding hydrogens is 501 g/mol. The quantitative estimate of drug-likeness (QED) is 0.282. The third kappa shape index (κ3) is 5.91. The summed E-state index contributed by atoms with van der Waals surface area (Å²) in [6, 6.07) is 18.0. The Morgan fingerprint density at radius 3 is 2.32 bits per heavy atom. The summed E-state index contributed by atoms with van der Waals surface area (Å²) in [6.07, 6.45) is -1.47. The Hall–Kier alpha value is -4.87. The van der Waals surface area contributed by atoms with E-state index in [1.807, 2.05) is 0 Å². The highest BCUT2D eigenvalue weighted by Gasteiger charge is 2.42. The van der Waals surface area contributed by atoms with Crippen LogP contribution < -0.4 is 20.3 Å². The van der Waals surface area contributed by atoms with Crippen LogP contribution in [0.3, 0.4) is 0 Å². The Morgan fingerprint density at radius 2 is 1.63 bits per heavy atom. The number of hydrazone groups is 2. The number of anilines is 2. The fourth-order valence-electron chi connectivity index (χ4n) is 3.77. The highest BCUT2D eigenvalue weighted by atomic mass is 19.4. The first kappa shape index (κ1) is 26.2. The van der Waals surface area contributed by atoms with Crippen LogP contribution in [0.15, 0.2) is 95.4 Å². The standard InChI is InChI=1S/C26H21F3N6O3/c1-17-22(25(38)35(33-17)18-10-4-2-5-11-18)23(32-31-21(36)16-34-14-8-3-9-15-34)24(37)30-20-13-7-6-12-19(20)26(27,28)29/h2-15,22H,16H2,1H3,(H-,30,31,36,37)/p+1. The smallest absolute Gasteiger partial charge is 0.320 e. The van der Waals surface area contributed by atoms with Crippen LogP contribution in [0.1, 0.15) is 12.5 Å². The summed E-state index contributed by atoms with van der Waals surface area (Å²) >= 11 is 0.